The maximum atomic E-state index is 5.20. The average molecular weight is 223 g/mol. The molecule has 3 heteroatoms. The zero-order valence-electron chi connectivity index (χ0n) is 9.19. The van der Waals surface area contributed by atoms with Gasteiger partial charge in [-0.2, -0.15) is 11.8 Å². The number of anilines is 1. The Kier molecular flexibility index (Phi) is 3.41. The Morgan fingerprint density at radius 3 is 3.00 bits per heavy atom. The molecule has 0 amide bonds. The van der Waals surface area contributed by atoms with Crippen molar-refractivity contribution in [3.05, 3.63) is 24.3 Å². The second kappa shape index (κ2) is 4.79. The van der Waals surface area contributed by atoms with E-state index in [1.165, 1.54) is 12.2 Å². The molecular formula is C12H17NOS. The van der Waals surface area contributed by atoms with E-state index in [0.29, 0.717) is 6.04 Å². The lowest BCUT2D eigenvalue weighted by molar-refractivity contribution is 0.415. The molecule has 0 radical (unpaired) electrons. The monoisotopic (exact) mass is 223 g/mol. The number of rotatable bonds is 3. The molecule has 1 aliphatic rings. The maximum Gasteiger partial charge on any atom is 0.120 e. The highest BCUT2D eigenvalue weighted by Crippen LogP contribution is 2.29. The van der Waals surface area contributed by atoms with E-state index in [4.69, 9.17) is 4.74 Å². The first-order valence-electron chi connectivity index (χ1n) is 5.30. The van der Waals surface area contributed by atoms with E-state index in [2.05, 4.69) is 18.3 Å². The SMILES string of the molecule is COc1cccc(NC2CSC(C)C2)c1. The number of benzene rings is 1. The van der Waals surface area contributed by atoms with Gasteiger partial charge >= 0.3 is 0 Å². The highest BCUT2D eigenvalue weighted by molar-refractivity contribution is 8.00. The van der Waals surface area contributed by atoms with E-state index in [1.807, 2.05) is 30.0 Å². The second-order valence-corrected chi connectivity index (χ2v) is 5.42. The number of hydrogen-bond donors (Lipinski definition) is 1. The first-order chi connectivity index (χ1) is 7.28. The Morgan fingerprint density at radius 1 is 1.47 bits per heavy atom. The standard InChI is InChI=1S/C12H17NOS/c1-9-6-11(8-15-9)13-10-4-3-5-12(7-10)14-2/h3-5,7,9,11,13H,6,8H2,1-2H3. The topological polar surface area (TPSA) is 21.3 Å². The summed E-state index contributed by atoms with van der Waals surface area (Å²) in [4.78, 5) is 0. The quantitative estimate of drug-likeness (QED) is 0.851. The summed E-state index contributed by atoms with van der Waals surface area (Å²) in [6.07, 6.45) is 1.25. The van der Waals surface area contributed by atoms with Crippen LogP contribution in [-0.2, 0) is 0 Å². The molecule has 1 aromatic carbocycles. The number of thioether (sulfide) groups is 1. The van der Waals surface area contributed by atoms with Crippen LogP contribution >= 0.6 is 11.8 Å². The van der Waals surface area contributed by atoms with Crippen molar-refractivity contribution in [2.75, 3.05) is 18.2 Å². The molecule has 0 spiro atoms. The van der Waals surface area contributed by atoms with Crippen LogP contribution in [0, 0.1) is 0 Å². The molecule has 1 aliphatic heterocycles. The minimum Gasteiger partial charge on any atom is -0.497 e. The van der Waals surface area contributed by atoms with Crippen LogP contribution in [0.3, 0.4) is 0 Å². The summed E-state index contributed by atoms with van der Waals surface area (Å²) in [6.45, 7) is 2.29. The normalized spacial score (nSPS) is 25.2. The van der Waals surface area contributed by atoms with Crippen molar-refractivity contribution in [1.29, 1.82) is 0 Å². The highest BCUT2D eigenvalue weighted by atomic mass is 32.2. The summed E-state index contributed by atoms with van der Waals surface area (Å²) in [7, 11) is 1.70. The molecule has 2 rings (SSSR count). The molecule has 1 N–H and O–H groups in total. The molecule has 2 unspecified atom stereocenters. The van der Waals surface area contributed by atoms with Gasteiger partial charge in [-0.25, -0.2) is 0 Å². The smallest absolute Gasteiger partial charge is 0.120 e. The molecule has 2 atom stereocenters. The Hall–Kier alpha value is -0.830. The Bertz CT molecular complexity index is 329. The van der Waals surface area contributed by atoms with Gasteiger partial charge in [0, 0.05) is 28.8 Å². The first-order valence-corrected chi connectivity index (χ1v) is 6.35. The fourth-order valence-corrected chi connectivity index (χ4v) is 3.01. The van der Waals surface area contributed by atoms with Gasteiger partial charge in [0.05, 0.1) is 7.11 Å². The predicted octanol–water partition coefficient (Wildman–Crippen LogP) is 3.00. The van der Waals surface area contributed by atoms with Crippen LogP contribution in [0.2, 0.25) is 0 Å². The number of hydrogen-bond acceptors (Lipinski definition) is 3. The van der Waals surface area contributed by atoms with Crippen LogP contribution < -0.4 is 10.1 Å². The van der Waals surface area contributed by atoms with Gasteiger partial charge in [0.15, 0.2) is 0 Å². The molecule has 1 saturated heterocycles. The van der Waals surface area contributed by atoms with E-state index in [9.17, 15) is 0 Å². The summed E-state index contributed by atoms with van der Waals surface area (Å²) in [5.74, 6) is 2.12. The van der Waals surface area contributed by atoms with Crippen LogP contribution in [0.5, 0.6) is 5.75 Å². The van der Waals surface area contributed by atoms with Gasteiger partial charge in [0.25, 0.3) is 0 Å². The molecule has 0 aromatic heterocycles. The predicted molar refractivity (Wildman–Crippen MR) is 66.9 cm³/mol. The number of methoxy groups -OCH3 is 1. The Morgan fingerprint density at radius 2 is 2.33 bits per heavy atom. The second-order valence-electron chi connectivity index (χ2n) is 3.95. The van der Waals surface area contributed by atoms with E-state index < -0.39 is 0 Å². The molecule has 1 fully saturated rings. The summed E-state index contributed by atoms with van der Waals surface area (Å²) < 4.78 is 5.20. The molecule has 0 bridgehead atoms. The maximum absolute atomic E-state index is 5.20. The van der Waals surface area contributed by atoms with Crippen molar-refractivity contribution in [3.8, 4) is 5.75 Å². The van der Waals surface area contributed by atoms with Crippen molar-refractivity contribution in [2.45, 2.75) is 24.6 Å². The van der Waals surface area contributed by atoms with Crippen molar-refractivity contribution < 1.29 is 4.74 Å². The molecular weight excluding hydrogens is 206 g/mol. The van der Waals surface area contributed by atoms with Gasteiger partial charge in [0.1, 0.15) is 5.75 Å². The van der Waals surface area contributed by atoms with E-state index in [1.54, 1.807) is 7.11 Å². The van der Waals surface area contributed by atoms with Gasteiger partial charge in [-0.1, -0.05) is 13.0 Å². The minimum atomic E-state index is 0.608. The Balaban J connectivity index is 1.98. The molecule has 0 aliphatic carbocycles. The third-order valence-corrected chi connectivity index (χ3v) is 4.00. The van der Waals surface area contributed by atoms with E-state index >= 15 is 0 Å². The third kappa shape index (κ3) is 2.81. The fourth-order valence-electron chi connectivity index (χ4n) is 1.87. The largest absolute Gasteiger partial charge is 0.497 e. The summed E-state index contributed by atoms with van der Waals surface area (Å²) >= 11 is 2.04. The van der Waals surface area contributed by atoms with Gasteiger partial charge in [-0.3, -0.25) is 0 Å². The van der Waals surface area contributed by atoms with E-state index in [-0.39, 0.29) is 0 Å². The molecule has 1 heterocycles. The van der Waals surface area contributed by atoms with Crippen molar-refractivity contribution in [1.82, 2.24) is 0 Å². The highest BCUT2D eigenvalue weighted by Gasteiger charge is 2.21. The molecule has 0 saturated carbocycles. The van der Waals surface area contributed by atoms with Crippen LogP contribution in [0.25, 0.3) is 0 Å². The first kappa shape index (κ1) is 10.7. The lowest BCUT2D eigenvalue weighted by atomic mass is 10.2. The summed E-state index contributed by atoms with van der Waals surface area (Å²) in [5, 5.41) is 4.33. The average Bonchev–Trinajstić information content (AvgIpc) is 2.64. The van der Waals surface area contributed by atoms with Crippen molar-refractivity contribution in [3.63, 3.8) is 0 Å². The lowest BCUT2D eigenvalue weighted by Crippen LogP contribution is -2.18. The summed E-state index contributed by atoms with van der Waals surface area (Å²) in [6, 6.07) is 8.74. The fraction of sp³-hybridized carbons (Fsp3) is 0.500. The van der Waals surface area contributed by atoms with Gasteiger partial charge < -0.3 is 10.1 Å². The molecule has 82 valence electrons. The van der Waals surface area contributed by atoms with E-state index in [0.717, 1.165) is 16.7 Å². The van der Waals surface area contributed by atoms with Gasteiger partial charge in [-0.15, -0.1) is 0 Å². The van der Waals surface area contributed by atoms with Gasteiger partial charge in [-0.05, 0) is 18.6 Å². The molecule has 2 nitrogen and oxygen atoms in total. The number of ether oxygens (including phenoxy) is 1. The molecule has 1 aromatic rings. The van der Waals surface area contributed by atoms with Crippen molar-refractivity contribution in [2.24, 2.45) is 0 Å². The number of nitrogens with one attached hydrogen (secondary N) is 1. The summed E-state index contributed by atoms with van der Waals surface area (Å²) in [5.41, 5.74) is 1.16. The molecule has 15 heavy (non-hydrogen) atoms. The van der Waals surface area contributed by atoms with Crippen LogP contribution in [-0.4, -0.2) is 24.2 Å². The van der Waals surface area contributed by atoms with Gasteiger partial charge in [0.2, 0.25) is 0 Å². The Labute approximate surface area is 95.4 Å². The minimum absolute atomic E-state index is 0.608. The van der Waals surface area contributed by atoms with Crippen LogP contribution in [0.15, 0.2) is 24.3 Å². The van der Waals surface area contributed by atoms with Crippen LogP contribution in [0.1, 0.15) is 13.3 Å². The zero-order chi connectivity index (χ0) is 10.7. The van der Waals surface area contributed by atoms with Crippen LogP contribution in [0.4, 0.5) is 5.69 Å². The lowest BCUT2D eigenvalue weighted by Gasteiger charge is -2.13. The third-order valence-electron chi connectivity index (χ3n) is 2.64. The zero-order valence-corrected chi connectivity index (χ0v) is 10.0. The van der Waals surface area contributed by atoms with Crippen molar-refractivity contribution >= 4 is 17.4 Å².